The van der Waals surface area contributed by atoms with Crippen molar-refractivity contribution in [1.82, 2.24) is 9.29 Å². The largest absolute Gasteiger partial charge is 0.494 e. The average molecular weight is 480 g/mol. The lowest BCUT2D eigenvalue weighted by Crippen LogP contribution is -2.23. The van der Waals surface area contributed by atoms with Crippen LogP contribution in [0, 0.1) is 6.92 Å². The third-order valence-electron chi connectivity index (χ3n) is 4.42. The fraction of sp³-hybridized carbons (Fsp3) is 0.238. The number of benzene rings is 2. The highest BCUT2D eigenvalue weighted by atomic mass is 35.5. The molecule has 31 heavy (non-hydrogen) atoms. The minimum Gasteiger partial charge on any atom is -0.494 e. The number of aryl methyl sites for hydroxylation is 1. The van der Waals surface area contributed by atoms with Crippen molar-refractivity contribution in [2.45, 2.75) is 18.7 Å². The standard InChI is InChI=1S/C21H22ClN3O4S2/c1-5-29-15-8-6-14(7-9-15)19-13(2)30-21(23-19)24-20(26)17-12-16(10-11-18(17)22)31(27,28)25(3)4/h6-12H,5H2,1-4H3,(H,23,24,26). The van der Waals surface area contributed by atoms with E-state index < -0.39 is 15.9 Å². The van der Waals surface area contributed by atoms with Crippen molar-refractivity contribution in [3.05, 3.63) is 57.9 Å². The molecule has 0 aliphatic rings. The van der Waals surface area contributed by atoms with Crippen LogP contribution in [0.1, 0.15) is 22.2 Å². The van der Waals surface area contributed by atoms with Crippen molar-refractivity contribution in [2.75, 3.05) is 26.0 Å². The van der Waals surface area contributed by atoms with Crippen LogP contribution >= 0.6 is 22.9 Å². The van der Waals surface area contributed by atoms with Gasteiger partial charge in [0.1, 0.15) is 5.75 Å². The second kappa shape index (κ2) is 9.35. The summed E-state index contributed by atoms with van der Waals surface area (Å²) in [5.74, 6) is 0.239. The number of amides is 1. The van der Waals surface area contributed by atoms with Gasteiger partial charge < -0.3 is 4.74 Å². The van der Waals surface area contributed by atoms with Gasteiger partial charge in [0.15, 0.2) is 5.13 Å². The van der Waals surface area contributed by atoms with Crippen molar-refractivity contribution in [3.63, 3.8) is 0 Å². The Morgan fingerprint density at radius 1 is 1.19 bits per heavy atom. The SMILES string of the molecule is CCOc1ccc(-c2nc(NC(=O)c3cc(S(=O)(=O)N(C)C)ccc3Cl)sc2C)cc1. The van der Waals surface area contributed by atoms with Gasteiger partial charge in [0.25, 0.3) is 5.91 Å². The molecule has 10 heteroatoms. The van der Waals surface area contributed by atoms with Crippen LogP contribution in [0.5, 0.6) is 5.75 Å². The lowest BCUT2D eigenvalue weighted by Gasteiger charge is -2.13. The van der Waals surface area contributed by atoms with E-state index in [-0.39, 0.29) is 15.5 Å². The average Bonchev–Trinajstić information content (AvgIpc) is 3.08. The molecule has 0 radical (unpaired) electrons. The summed E-state index contributed by atoms with van der Waals surface area (Å²) in [6.45, 7) is 4.42. The van der Waals surface area contributed by atoms with E-state index in [1.807, 2.05) is 38.1 Å². The van der Waals surface area contributed by atoms with Gasteiger partial charge in [-0.05, 0) is 56.3 Å². The molecule has 0 fully saturated rings. The summed E-state index contributed by atoms with van der Waals surface area (Å²) in [6, 6.07) is 11.6. The molecule has 0 atom stereocenters. The molecule has 0 aliphatic carbocycles. The molecule has 0 unspecified atom stereocenters. The lowest BCUT2D eigenvalue weighted by atomic mass is 10.1. The molecule has 0 saturated heterocycles. The third-order valence-corrected chi connectivity index (χ3v) is 7.44. The Bertz CT molecular complexity index is 1210. The highest BCUT2D eigenvalue weighted by Crippen LogP contribution is 2.32. The van der Waals surface area contributed by atoms with Gasteiger partial charge in [-0.1, -0.05) is 11.6 Å². The molecule has 0 bridgehead atoms. The van der Waals surface area contributed by atoms with Crippen LogP contribution in [-0.2, 0) is 10.0 Å². The van der Waals surface area contributed by atoms with Crippen LogP contribution < -0.4 is 10.1 Å². The number of thiazole rings is 1. The van der Waals surface area contributed by atoms with Crippen molar-refractivity contribution >= 4 is 44.0 Å². The van der Waals surface area contributed by atoms with Crippen molar-refractivity contribution in [1.29, 1.82) is 0 Å². The quantitative estimate of drug-likeness (QED) is 0.531. The normalized spacial score (nSPS) is 11.5. The molecule has 1 amide bonds. The summed E-state index contributed by atoms with van der Waals surface area (Å²) >= 11 is 7.48. The van der Waals surface area contributed by atoms with Crippen LogP contribution in [-0.4, -0.2) is 44.3 Å². The Hall–Kier alpha value is -2.46. The Labute approximate surface area is 190 Å². The predicted octanol–water partition coefficient (Wildman–Crippen LogP) is 4.67. The van der Waals surface area contributed by atoms with E-state index in [1.54, 1.807) is 0 Å². The van der Waals surface area contributed by atoms with E-state index in [0.29, 0.717) is 11.7 Å². The first-order chi connectivity index (χ1) is 14.6. The topological polar surface area (TPSA) is 88.6 Å². The highest BCUT2D eigenvalue weighted by Gasteiger charge is 2.21. The lowest BCUT2D eigenvalue weighted by molar-refractivity contribution is 0.102. The second-order valence-electron chi connectivity index (χ2n) is 6.76. The van der Waals surface area contributed by atoms with E-state index in [4.69, 9.17) is 16.3 Å². The Morgan fingerprint density at radius 2 is 1.87 bits per heavy atom. The number of nitrogens with zero attached hydrogens (tertiary/aromatic N) is 2. The zero-order valence-electron chi connectivity index (χ0n) is 17.5. The Morgan fingerprint density at radius 3 is 2.48 bits per heavy atom. The summed E-state index contributed by atoms with van der Waals surface area (Å²) in [6.07, 6.45) is 0. The van der Waals surface area contributed by atoms with Gasteiger partial charge in [-0.2, -0.15) is 0 Å². The molecule has 0 saturated carbocycles. The molecule has 2 aromatic carbocycles. The summed E-state index contributed by atoms with van der Waals surface area (Å²) in [4.78, 5) is 18.2. The van der Waals surface area contributed by atoms with E-state index in [2.05, 4.69) is 10.3 Å². The molecular weight excluding hydrogens is 458 g/mol. The van der Waals surface area contributed by atoms with E-state index in [0.717, 1.165) is 26.2 Å². The number of anilines is 1. The van der Waals surface area contributed by atoms with Crippen LogP contribution in [0.3, 0.4) is 0 Å². The monoisotopic (exact) mass is 479 g/mol. The van der Waals surface area contributed by atoms with Crippen molar-refractivity contribution in [2.24, 2.45) is 0 Å². The van der Waals surface area contributed by atoms with Gasteiger partial charge in [-0.25, -0.2) is 17.7 Å². The van der Waals surface area contributed by atoms with Gasteiger partial charge in [0.05, 0.1) is 27.8 Å². The molecule has 1 N–H and O–H groups in total. The second-order valence-corrected chi connectivity index (χ2v) is 10.5. The minimum absolute atomic E-state index is 0.0163. The highest BCUT2D eigenvalue weighted by molar-refractivity contribution is 7.89. The zero-order chi connectivity index (χ0) is 22.8. The smallest absolute Gasteiger partial charge is 0.259 e. The molecule has 164 valence electrons. The third kappa shape index (κ3) is 5.07. The maximum atomic E-state index is 12.8. The minimum atomic E-state index is -3.70. The number of sulfonamides is 1. The number of ether oxygens (including phenoxy) is 1. The molecule has 1 heterocycles. The number of hydrogen-bond donors (Lipinski definition) is 1. The number of halogens is 1. The zero-order valence-corrected chi connectivity index (χ0v) is 19.9. The molecule has 1 aromatic heterocycles. The van der Waals surface area contributed by atoms with Gasteiger partial charge in [-0.15, -0.1) is 11.3 Å². The van der Waals surface area contributed by atoms with Crippen molar-refractivity contribution < 1.29 is 17.9 Å². The number of aromatic nitrogens is 1. The molecule has 3 rings (SSSR count). The first kappa shape index (κ1) is 23.2. The Balaban J connectivity index is 1.86. The fourth-order valence-electron chi connectivity index (χ4n) is 2.81. The van der Waals surface area contributed by atoms with Crippen molar-refractivity contribution in [3.8, 4) is 17.0 Å². The van der Waals surface area contributed by atoms with Gasteiger partial charge in [0, 0.05) is 24.5 Å². The van der Waals surface area contributed by atoms with E-state index in [1.165, 1.54) is 43.6 Å². The number of nitrogens with one attached hydrogen (secondary N) is 1. The Kier molecular flexibility index (Phi) is 7.00. The number of carbonyl (C=O) groups excluding carboxylic acids is 1. The summed E-state index contributed by atoms with van der Waals surface area (Å²) < 4.78 is 31.3. The first-order valence-corrected chi connectivity index (χ1v) is 12.0. The van der Waals surface area contributed by atoms with Gasteiger partial charge in [0.2, 0.25) is 10.0 Å². The van der Waals surface area contributed by atoms with Gasteiger partial charge >= 0.3 is 0 Å². The molecule has 0 aliphatic heterocycles. The molecular formula is C21H22ClN3O4S2. The maximum absolute atomic E-state index is 12.8. The van der Waals surface area contributed by atoms with Crippen LogP contribution in [0.15, 0.2) is 47.4 Å². The van der Waals surface area contributed by atoms with E-state index in [9.17, 15) is 13.2 Å². The van der Waals surface area contributed by atoms with E-state index >= 15 is 0 Å². The summed E-state index contributed by atoms with van der Waals surface area (Å²) in [5.41, 5.74) is 1.70. The van der Waals surface area contributed by atoms with Crippen LogP contribution in [0.4, 0.5) is 5.13 Å². The fourth-order valence-corrected chi connectivity index (χ4v) is 4.77. The summed E-state index contributed by atoms with van der Waals surface area (Å²) in [7, 11) is -0.855. The number of rotatable bonds is 7. The maximum Gasteiger partial charge on any atom is 0.259 e. The predicted molar refractivity (Wildman–Crippen MR) is 124 cm³/mol. The number of carbonyl (C=O) groups is 1. The van der Waals surface area contributed by atoms with Crippen LogP contribution in [0.2, 0.25) is 5.02 Å². The molecule has 7 nitrogen and oxygen atoms in total. The van der Waals surface area contributed by atoms with Gasteiger partial charge in [-0.3, -0.25) is 10.1 Å². The van der Waals surface area contributed by atoms with Crippen LogP contribution in [0.25, 0.3) is 11.3 Å². The number of hydrogen-bond acceptors (Lipinski definition) is 6. The molecule has 0 spiro atoms. The molecule has 3 aromatic rings. The first-order valence-electron chi connectivity index (χ1n) is 9.37. The summed E-state index contributed by atoms with van der Waals surface area (Å²) in [5, 5.41) is 3.26.